The Labute approximate surface area is 119 Å². The Balaban J connectivity index is 1.63. The van der Waals surface area contributed by atoms with Gasteiger partial charge in [0.1, 0.15) is 0 Å². The van der Waals surface area contributed by atoms with Crippen LogP contribution in [-0.2, 0) is 4.74 Å². The van der Waals surface area contributed by atoms with Crippen LogP contribution in [0.5, 0.6) is 0 Å². The minimum atomic E-state index is 0.415. The molecule has 2 aliphatic rings. The van der Waals surface area contributed by atoms with E-state index in [9.17, 15) is 0 Å². The van der Waals surface area contributed by atoms with Crippen molar-refractivity contribution in [2.75, 3.05) is 26.2 Å². The van der Waals surface area contributed by atoms with E-state index in [2.05, 4.69) is 31.0 Å². The highest BCUT2D eigenvalue weighted by Gasteiger charge is 2.24. The van der Waals surface area contributed by atoms with Crippen LogP contribution >= 0.6 is 0 Å². The van der Waals surface area contributed by atoms with Crippen LogP contribution in [0.25, 0.3) is 0 Å². The average Bonchev–Trinajstić information content (AvgIpc) is 2.36. The fourth-order valence-electron chi connectivity index (χ4n) is 3.59. The summed E-state index contributed by atoms with van der Waals surface area (Å²) in [6.45, 7) is 11.8. The third-order valence-electron chi connectivity index (χ3n) is 4.47. The van der Waals surface area contributed by atoms with Crippen LogP contribution in [-0.4, -0.2) is 49.3 Å². The molecule has 0 radical (unpaired) electrons. The van der Waals surface area contributed by atoms with Gasteiger partial charge in [-0.2, -0.15) is 0 Å². The van der Waals surface area contributed by atoms with Gasteiger partial charge in [-0.25, -0.2) is 0 Å². The maximum absolute atomic E-state index is 5.80. The molecule has 3 unspecified atom stereocenters. The van der Waals surface area contributed by atoms with Gasteiger partial charge in [-0.3, -0.25) is 0 Å². The first-order valence-corrected chi connectivity index (χ1v) is 8.24. The standard InChI is InChI=1S/C16H32N2O/c1-13(12-18-7-5-4-6-8-18)11-17-16-9-14(2)19-15(3)10-16/h13-17H,4-12H2,1-3H3. The molecule has 2 rings (SSSR count). The van der Waals surface area contributed by atoms with Gasteiger partial charge < -0.3 is 15.0 Å². The number of ether oxygens (including phenoxy) is 1. The largest absolute Gasteiger partial charge is 0.375 e. The molecular weight excluding hydrogens is 236 g/mol. The van der Waals surface area contributed by atoms with Crippen molar-refractivity contribution in [1.82, 2.24) is 10.2 Å². The molecule has 19 heavy (non-hydrogen) atoms. The van der Waals surface area contributed by atoms with E-state index in [4.69, 9.17) is 4.74 Å². The zero-order valence-corrected chi connectivity index (χ0v) is 13.0. The Morgan fingerprint density at radius 3 is 2.37 bits per heavy atom. The maximum Gasteiger partial charge on any atom is 0.0565 e. The number of rotatable bonds is 5. The van der Waals surface area contributed by atoms with E-state index >= 15 is 0 Å². The second-order valence-electron chi connectivity index (χ2n) is 6.80. The molecule has 3 heteroatoms. The van der Waals surface area contributed by atoms with Crippen LogP contribution in [0.1, 0.15) is 52.9 Å². The molecule has 0 saturated carbocycles. The molecule has 112 valence electrons. The Bertz CT molecular complexity index is 243. The van der Waals surface area contributed by atoms with E-state index in [1.54, 1.807) is 0 Å². The first-order chi connectivity index (χ1) is 9.13. The monoisotopic (exact) mass is 268 g/mol. The minimum absolute atomic E-state index is 0.415. The van der Waals surface area contributed by atoms with Crippen molar-refractivity contribution in [1.29, 1.82) is 0 Å². The summed E-state index contributed by atoms with van der Waals surface area (Å²) in [5.74, 6) is 0.756. The van der Waals surface area contributed by atoms with Gasteiger partial charge in [0.05, 0.1) is 12.2 Å². The van der Waals surface area contributed by atoms with Crippen molar-refractivity contribution in [3.8, 4) is 0 Å². The van der Waals surface area contributed by atoms with Gasteiger partial charge in [0.2, 0.25) is 0 Å². The Hall–Kier alpha value is -0.120. The van der Waals surface area contributed by atoms with Gasteiger partial charge >= 0.3 is 0 Å². The fraction of sp³-hybridized carbons (Fsp3) is 1.00. The van der Waals surface area contributed by atoms with Gasteiger partial charge in [0.25, 0.3) is 0 Å². The summed E-state index contributed by atoms with van der Waals surface area (Å²) < 4.78 is 5.80. The topological polar surface area (TPSA) is 24.5 Å². The van der Waals surface area contributed by atoms with Crippen molar-refractivity contribution >= 4 is 0 Å². The Morgan fingerprint density at radius 2 is 1.74 bits per heavy atom. The molecule has 2 aliphatic heterocycles. The van der Waals surface area contributed by atoms with Crippen molar-refractivity contribution in [2.24, 2.45) is 5.92 Å². The van der Waals surface area contributed by atoms with Gasteiger partial charge in [0.15, 0.2) is 0 Å². The lowest BCUT2D eigenvalue weighted by Gasteiger charge is -2.34. The van der Waals surface area contributed by atoms with Gasteiger partial charge in [-0.15, -0.1) is 0 Å². The molecule has 3 atom stereocenters. The molecule has 0 amide bonds. The van der Waals surface area contributed by atoms with Gasteiger partial charge in [-0.1, -0.05) is 13.3 Å². The maximum atomic E-state index is 5.80. The second kappa shape index (κ2) is 7.61. The number of piperidine rings is 1. The molecule has 0 bridgehead atoms. The Kier molecular flexibility index (Phi) is 6.11. The predicted molar refractivity (Wildman–Crippen MR) is 80.5 cm³/mol. The zero-order chi connectivity index (χ0) is 13.7. The van der Waals surface area contributed by atoms with Crippen LogP contribution in [0.4, 0.5) is 0 Å². The molecule has 3 nitrogen and oxygen atoms in total. The number of hydrogen-bond acceptors (Lipinski definition) is 3. The molecule has 0 aliphatic carbocycles. The summed E-state index contributed by atoms with van der Waals surface area (Å²) >= 11 is 0. The van der Waals surface area contributed by atoms with Crippen molar-refractivity contribution < 1.29 is 4.74 Å². The molecule has 0 spiro atoms. The van der Waals surface area contributed by atoms with E-state index in [1.165, 1.54) is 51.7 Å². The first kappa shape index (κ1) is 15.3. The highest BCUT2D eigenvalue weighted by atomic mass is 16.5. The van der Waals surface area contributed by atoms with Crippen LogP contribution in [0.3, 0.4) is 0 Å². The van der Waals surface area contributed by atoms with E-state index in [0.717, 1.165) is 12.5 Å². The first-order valence-electron chi connectivity index (χ1n) is 8.24. The van der Waals surface area contributed by atoms with Crippen LogP contribution in [0.15, 0.2) is 0 Å². The number of hydrogen-bond donors (Lipinski definition) is 1. The zero-order valence-electron chi connectivity index (χ0n) is 13.0. The smallest absolute Gasteiger partial charge is 0.0565 e. The second-order valence-corrected chi connectivity index (χ2v) is 6.80. The van der Waals surface area contributed by atoms with Crippen molar-refractivity contribution in [3.05, 3.63) is 0 Å². The summed E-state index contributed by atoms with van der Waals surface area (Å²) in [5.41, 5.74) is 0. The molecule has 0 aromatic heterocycles. The summed E-state index contributed by atoms with van der Waals surface area (Å²) in [6.07, 6.45) is 7.39. The summed E-state index contributed by atoms with van der Waals surface area (Å²) in [7, 11) is 0. The van der Waals surface area contributed by atoms with Crippen molar-refractivity contribution in [3.63, 3.8) is 0 Å². The molecule has 2 heterocycles. The average molecular weight is 268 g/mol. The normalized spacial score (nSPS) is 35.2. The Morgan fingerprint density at radius 1 is 1.11 bits per heavy atom. The third kappa shape index (κ3) is 5.41. The van der Waals surface area contributed by atoms with Crippen molar-refractivity contribution in [2.45, 2.75) is 71.1 Å². The van der Waals surface area contributed by atoms with E-state index < -0.39 is 0 Å². The molecular formula is C16H32N2O. The van der Waals surface area contributed by atoms with Gasteiger partial charge in [0, 0.05) is 12.6 Å². The number of nitrogens with zero attached hydrogens (tertiary/aromatic N) is 1. The lowest BCUT2D eigenvalue weighted by Crippen LogP contribution is -2.44. The quantitative estimate of drug-likeness (QED) is 0.829. The number of nitrogens with one attached hydrogen (secondary N) is 1. The highest BCUT2D eigenvalue weighted by molar-refractivity contribution is 4.79. The highest BCUT2D eigenvalue weighted by Crippen LogP contribution is 2.19. The van der Waals surface area contributed by atoms with E-state index in [1.807, 2.05) is 0 Å². The molecule has 1 N–H and O–H groups in total. The molecule has 0 aromatic carbocycles. The molecule has 2 fully saturated rings. The molecule has 0 aromatic rings. The van der Waals surface area contributed by atoms with E-state index in [0.29, 0.717) is 18.2 Å². The SMILES string of the molecule is CC(CNC1CC(C)OC(C)C1)CN1CCCCC1. The summed E-state index contributed by atoms with van der Waals surface area (Å²) in [5, 5.41) is 3.77. The minimum Gasteiger partial charge on any atom is -0.375 e. The van der Waals surface area contributed by atoms with Crippen LogP contribution in [0, 0.1) is 5.92 Å². The lowest BCUT2D eigenvalue weighted by molar-refractivity contribution is -0.0425. The van der Waals surface area contributed by atoms with Crippen LogP contribution in [0.2, 0.25) is 0 Å². The third-order valence-corrected chi connectivity index (χ3v) is 4.47. The predicted octanol–water partition coefficient (Wildman–Crippen LogP) is 2.65. The lowest BCUT2D eigenvalue weighted by atomic mass is 9.99. The number of likely N-dealkylation sites (tertiary alicyclic amines) is 1. The fourth-order valence-corrected chi connectivity index (χ4v) is 3.59. The van der Waals surface area contributed by atoms with E-state index in [-0.39, 0.29) is 0 Å². The van der Waals surface area contributed by atoms with Gasteiger partial charge in [-0.05, 0) is 65.1 Å². The molecule has 2 saturated heterocycles. The van der Waals surface area contributed by atoms with Crippen LogP contribution < -0.4 is 5.32 Å². The summed E-state index contributed by atoms with van der Waals surface area (Å²) in [4.78, 5) is 2.64. The summed E-state index contributed by atoms with van der Waals surface area (Å²) in [6, 6.07) is 0.655.